The van der Waals surface area contributed by atoms with Gasteiger partial charge in [-0.15, -0.1) is 0 Å². The van der Waals surface area contributed by atoms with Gasteiger partial charge in [0.05, 0.1) is 0 Å². The number of nitrogens with one attached hydrogen (secondary N) is 1. The largest absolute Gasteiger partial charge is 0.480 e. The van der Waals surface area contributed by atoms with Crippen LogP contribution < -0.4 is 5.32 Å². The van der Waals surface area contributed by atoms with Crippen LogP contribution in [0.4, 0.5) is 0 Å². The molecule has 0 unspecified atom stereocenters. The van der Waals surface area contributed by atoms with Gasteiger partial charge in [0.25, 0.3) is 5.91 Å². The Balaban J connectivity index is 2.75. The molecule has 19 heavy (non-hydrogen) atoms. The lowest BCUT2D eigenvalue weighted by molar-refractivity contribution is -0.139. The van der Waals surface area contributed by atoms with Crippen molar-refractivity contribution in [2.24, 2.45) is 0 Å². The number of halogens is 1. The number of aliphatic carboxylic acids is 1. The van der Waals surface area contributed by atoms with Crippen LogP contribution in [-0.2, 0) is 4.79 Å². The Labute approximate surface area is 121 Å². The highest BCUT2D eigenvalue weighted by Gasteiger charge is 2.20. The Kier molecular flexibility index (Phi) is 6.18. The number of hydrogen-bond acceptors (Lipinski definition) is 3. The van der Waals surface area contributed by atoms with E-state index in [1.807, 2.05) is 13.2 Å². The molecule has 0 aliphatic heterocycles. The minimum atomic E-state index is -1.03. The maximum Gasteiger partial charge on any atom is 0.326 e. The van der Waals surface area contributed by atoms with Crippen LogP contribution in [0.5, 0.6) is 0 Å². The molecule has 0 aliphatic rings. The molecular weight excluding hydrogens is 286 g/mol. The fraction of sp³-hybridized carbons (Fsp3) is 0.385. The molecule has 1 atom stereocenters. The molecule has 1 aromatic rings. The van der Waals surface area contributed by atoms with Crippen LogP contribution in [0.2, 0.25) is 5.02 Å². The summed E-state index contributed by atoms with van der Waals surface area (Å²) < 4.78 is 0. The molecule has 0 fully saturated rings. The van der Waals surface area contributed by atoms with Crippen LogP contribution in [0, 0.1) is 6.92 Å². The van der Waals surface area contributed by atoms with Crippen molar-refractivity contribution in [2.45, 2.75) is 19.4 Å². The fourth-order valence-corrected chi connectivity index (χ4v) is 2.12. The van der Waals surface area contributed by atoms with E-state index in [4.69, 9.17) is 16.7 Å². The highest BCUT2D eigenvalue weighted by atomic mass is 35.5. The van der Waals surface area contributed by atoms with Gasteiger partial charge in [0.1, 0.15) is 6.04 Å². The van der Waals surface area contributed by atoms with E-state index in [-0.39, 0.29) is 0 Å². The first-order chi connectivity index (χ1) is 8.95. The molecule has 0 aliphatic carbocycles. The summed E-state index contributed by atoms with van der Waals surface area (Å²) in [5, 5.41) is 12.0. The number of aryl methyl sites for hydroxylation is 1. The molecule has 0 bridgehead atoms. The number of rotatable bonds is 6. The van der Waals surface area contributed by atoms with Crippen LogP contribution in [0.1, 0.15) is 22.3 Å². The number of benzene rings is 1. The van der Waals surface area contributed by atoms with Crippen LogP contribution in [-0.4, -0.2) is 35.0 Å². The molecule has 0 aromatic heterocycles. The normalized spacial score (nSPS) is 11.9. The summed E-state index contributed by atoms with van der Waals surface area (Å²) in [6.07, 6.45) is 2.28. The van der Waals surface area contributed by atoms with Crippen molar-refractivity contribution in [1.82, 2.24) is 5.32 Å². The van der Waals surface area contributed by atoms with Crippen molar-refractivity contribution >= 4 is 35.2 Å². The maximum absolute atomic E-state index is 11.9. The first-order valence-corrected chi connectivity index (χ1v) is 7.51. The molecular formula is C13H16ClNO3S. The third-order valence-electron chi connectivity index (χ3n) is 2.65. The van der Waals surface area contributed by atoms with Gasteiger partial charge in [0, 0.05) is 10.6 Å². The summed E-state index contributed by atoms with van der Waals surface area (Å²) in [5.74, 6) is -0.776. The second-order valence-electron chi connectivity index (χ2n) is 4.11. The lowest BCUT2D eigenvalue weighted by atomic mass is 10.1. The van der Waals surface area contributed by atoms with E-state index in [0.29, 0.717) is 22.8 Å². The zero-order valence-corrected chi connectivity index (χ0v) is 12.3. The van der Waals surface area contributed by atoms with E-state index >= 15 is 0 Å². The molecule has 1 rings (SSSR count). The molecule has 1 aromatic carbocycles. The molecule has 0 saturated heterocycles. The molecule has 0 spiro atoms. The Bertz CT molecular complexity index is 479. The van der Waals surface area contributed by atoms with Gasteiger partial charge in [-0.05, 0) is 43.0 Å². The number of carboxylic acids is 1. The van der Waals surface area contributed by atoms with Crippen molar-refractivity contribution in [1.29, 1.82) is 0 Å². The van der Waals surface area contributed by atoms with E-state index in [1.165, 1.54) is 11.8 Å². The summed E-state index contributed by atoms with van der Waals surface area (Å²) in [6, 6.07) is 4.03. The molecule has 0 radical (unpaired) electrons. The first kappa shape index (κ1) is 15.9. The van der Waals surface area contributed by atoms with E-state index in [1.54, 1.807) is 18.2 Å². The molecule has 104 valence electrons. The van der Waals surface area contributed by atoms with Gasteiger partial charge >= 0.3 is 5.97 Å². The quantitative estimate of drug-likeness (QED) is 0.847. The molecule has 1 amide bonds. The van der Waals surface area contributed by atoms with E-state index < -0.39 is 17.9 Å². The fourth-order valence-electron chi connectivity index (χ4n) is 1.47. The number of amides is 1. The number of hydrogen-bond donors (Lipinski definition) is 2. The van der Waals surface area contributed by atoms with Gasteiger partial charge in [0.15, 0.2) is 0 Å². The molecule has 0 saturated carbocycles. The predicted molar refractivity (Wildman–Crippen MR) is 78.1 cm³/mol. The molecule has 6 heteroatoms. The number of carbonyl (C=O) groups is 2. The monoisotopic (exact) mass is 301 g/mol. The van der Waals surface area contributed by atoms with Crippen LogP contribution in [0.15, 0.2) is 18.2 Å². The van der Waals surface area contributed by atoms with E-state index in [9.17, 15) is 9.59 Å². The van der Waals surface area contributed by atoms with Crippen LogP contribution in [0.25, 0.3) is 0 Å². The lowest BCUT2D eigenvalue weighted by Crippen LogP contribution is -2.41. The van der Waals surface area contributed by atoms with Crippen molar-refractivity contribution in [2.75, 3.05) is 12.0 Å². The SMILES string of the molecule is CSCC[C@H](NC(=O)c1ccc(C)c(Cl)c1)C(=O)O. The third kappa shape index (κ3) is 4.76. The summed E-state index contributed by atoms with van der Waals surface area (Å²) in [4.78, 5) is 23.0. The Morgan fingerprint density at radius 3 is 2.68 bits per heavy atom. The van der Waals surface area contributed by atoms with Crippen molar-refractivity contribution in [3.8, 4) is 0 Å². The van der Waals surface area contributed by atoms with Gasteiger partial charge in [-0.3, -0.25) is 4.79 Å². The van der Waals surface area contributed by atoms with Crippen molar-refractivity contribution < 1.29 is 14.7 Å². The summed E-state index contributed by atoms with van der Waals surface area (Å²) in [5.41, 5.74) is 1.24. The standard InChI is InChI=1S/C13H16ClNO3S/c1-8-3-4-9(7-10(8)14)12(16)15-11(13(17)18)5-6-19-2/h3-4,7,11H,5-6H2,1-2H3,(H,15,16)(H,17,18)/t11-/m0/s1. The summed E-state index contributed by atoms with van der Waals surface area (Å²) >= 11 is 7.48. The molecule has 0 heterocycles. The van der Waals surface area contributed by atoms with Crippen molar-refractivity contribution in [3.63, 3.8) is 0 Å². The van der Waals surface area contributed by atoms with E-state index in [2.05, 4.69) is 5.32 Å². The zero-order chi connectivity index (χ0) is 14.4. The minimum Gasteiger partial charge on any atom is -0.480 e. The Morgan fingerprint density at radius 1 is 1.47 bits per heavy atom. The second-order valence-corrected chi connectivity index (χ2v) is 5.50. The van der Waals surface area contributed by atoms with Gasteiger partial charge in [-0.1, -0.05) is 17.7 Å². The number of thioether (sulfide) groups is 1. The van der Waals surface area contributed by atoms with Gasteiger partial charge in [-0.2, -0.15) is 11.8 Å². The summed E-state index contributed by atoms with van der Waals surface area (Å²) in [6.45, 7) is 1.84. The lowest BCUT2D eigenvalue weighted by Gasteiger charge is -2.14. The van der Waals surface area contributed by atoms with Crippen molar-refractivity contribution in [3.05, 3.63) is 34.3 Å². The first-order valence-electron chi connectivity index (χ1n) is 5.74. The van der Waals surface area contributed by atoms with Crippen LogP contribution >= 0.6 is 23.4 Å². The van der Waals surface area contributed by atoms with Gasteiger partial charge < -0.3 is 10.4 Å². The zero-order valence-electron chi connectivity index (χ0n) is 10.8. The average molecular weight is 302 g/mol. The second kappa shape index (κ2) is 7.40. The predicted octanol–water partition coefficient (Wildman–Crippen LogP) is 2.58. The minimum absolute atomic E-state index is 0.367. The maximum atomic E-state index is 11.9. The topological polar surface area (TPSA) is 66.4 Å². The van der Waals surface area contributed by atoms with Gasteiger partial charge in [-0.25, -0.2) is 4.79 Å². The van der Waals surface area contributed by atoms with Gasteiger partial charge in [0.2, 0.25) is 0 Å². The molecule has 2 N–H and O–H groups in total. The van der Waals surface area contributed by atoms with Crippen LogP contribution in [0.3, 0.4) is 0 Å². The molecule has 4 nitrogen and oxygen atoms in total. The Hall–Kier alpha value is -1.20. The average Bonchev–Trinajstić information content (AvgIpc) is 2.37. The third-order valence-corrected chi connectivity index (χ3v) is 3.70. The summed E-state index contributed by atoms with van der Waals surface area (Å²) in [7, 11) is 0. The number of carbonyl (C=O) groups excluding carboxylic acids is 1. The highest BCUT2D eigenvalue weighted by molar-refractivity contribution is 7.98. The Morgan fingerprint density at radius 2 is 2.16 bits per heavy atom. The number of carboxylic acid groups (broad SMARTS) is 1. The highest BCUT2D eigenvalue weighted by Crippen LogP contribution is 2.16. The smallest absolute Gasteiger partial charge is 0.326 e. The van der Waals surface area contributed by atoms with E-state index in [0.717, 1.165) is 5.56 Å².